The monoisotopic (exact) mass is 240 g/mol. The van der Waals surface area contributed by atoms with Gasteiger partial charge in [0.25, 0.3) is 0 Å². The molecule has 0 saturated carbocycles. The molecule has 0 amide bonds. The molecule has 1 aliphatic heterocycles. The van der Waals surface area contributed by atoms with E-state index in [-0.39, 0.29) is 11.8 Å². The topological polar surface area (TPSA) is 46.5 Å². The third-order valence-electron chi connectivity index (χ3n) is 3.03. The molecule has 0 aromatic heterocycles. The summed E-state index contributed by atoms with van der Waals surface area (Å²) in [7, 11) is 0. The molecule has 4 heteroatoms. The molecular formula is C12H13ClO3. The lowest BCUT2D eigenvalue weighted by molar-refractivity contribution is -0.139. The molecule has 0 bridgehead atoms. The first-order chi connectivity index (χ1) is 7.62. The smallest absolute Gasteiger partial charge is 0.303 e. The molecule has 1 aromatic carbocycles. The number of carbonyl (C=O) groups is 1. The van der Waals surface area contributed by atoms with Gasteiger partial charge in [-0.25, -0.2) is 0 Å². The molecular weight excluding hydrogens is 228 g/mol. The Kier molecular flexibility index (Phi) is 3.17. The summed E-state index contributed by atoms with van der Waals surface area (Å²) in [6.07, 6.45) is 0.788. The van der Waals surface area contributed by atoms with Gasteiger partial charge in [0.05, 0.1) is 13.2 Å². The van der Waals surface area contributed by atoms with Crippen LogP contribution in [0.4, 0.5) is 0 Å². The van der Waals surface area contributed by atoms with Gasteiger partial charge >= 0.3 is 5.97 Å². The number of aliphatic carboxylic acids is 1. The van der Waals surface area contributed by atoms with Crippen LogP contribution >= 0.6 is 11.6 Å². The first-order valence-electron chi connectivity index (χ1n) is 5.18. The van der Waals surface area contributed by atoms with E-state index in [4.69, 9.17) is 21.4 Å². The Balaban J connectivity index is 2.14. The lowest BCUT2D eigenvalue weighted by Crippen LogP contribution is -2.47. The second kappa shape index (κ2) is 4.44. The highest BCUT2D eigenvalue weighted by atomic mass is 35.5. The van der Waals surface area contributed by atoms with Crippen molar-refractivity contribution >= 4 is 17.6 Å². The standard InChI is InChI=1S/C12H13ClO3/c13-10-3-1-9(2-4-10)12(7-16-8-12)6-5-11(14)15/h1-4H,5-8H2,(H,14,15). The molecule has 1 saturated heterocycles. The zero-order valence-corrected chi connectivity index (χ0v) is 9.54. The van der Waals surface area contributed by atoms with E-state index in [1.54, 1.807) is 0 Å². The Hall–Kier alpha value is -1.06. The molecule has 1 heterocycles. The predicted octanol–water partition coefficient (Wildman–Crippen LogP) is 2.47. The van der Waals surface area contributed by atoms with Crippen LogP contribution in [0.5, 0.6) is 0 Å². The molecule has 0 aliphatic carbocycles. The Morgan fingerprint density at radius 1 is 1.38 bits per heavy atom. The van der Waals surface area contributed by atoms with Gasteiger partial charge in [-0.1, -0.05) is 23.7 Å². The second-order valence-electron chi connectivity index (χ2n) is 4.17. The summed E-state index contributed by atoms with van der Waals surface area (Å²) in [5.74, 6) is -0.764. The first kappa shape index (κ1) is 11.4. The van der Waals surface area contributed by atoms with E-state index in [9.17, 15) is 4.79 Å². The number of benzene rings is 1. The summed E-state index contributed by atoms with van der Waals surface area (Å²) in [6.45, 7) is 1.20. The van der Waals surface area contributed by atoms with Gasteiger partial charge in [0.1, 0.15) is 0 Å². The van der Waals surface area contributed by atoms with Crippen molar-refractivity contribution in [2.45, 2.75) is 18.3 Å². The van der Waals surface area contributed by atoms with E-state index in [2.05, 4.69) is 0 Å². The van der Waals surface area contributed by atoms with Gasteiger partial charge in [-0.15, -0.1) is 0 Å². The van der Waals surface area contributed by atoms with Crippen LogP contribution in [0.2, 0.25) is 5.02 Å². The lowest BCUT2D eigenvalue weighted by Gasteiger charge is -2.42. The normalized spacial score (nSPS) is 17.8. The molecule has 3 nitrogen and oxygen atoms in total. The van der Waals surface area contributed by atoms with Crippen molar-refractivity contribution in [1.29, 1.82) is 0 Å². The van der Waals surface area contributed by atoms with E-state index in [1.807, 2.05) is 24.3 Å². The Morgan fingerprint density at radius 3 is 2.44 bits per heavy atom. The van der Waals surface area contributed by atoms with Gasteiger partial charge < -0.3 is 9.84 Å². The van der Waals surface area contributed by atoms with Crippen molar-refractivity contribution in [2.24, 2.45) is 0 Å². The first-order valence-corrected chi connectivity index (χ1v) is 5.56. The van der Waals surface area contributed by atoms with Gasteiger partial charge in [0.2, 0.25) is 0 Å². The van der Waals surface area contributed by atoms with Crippen molar-refractivity contribution in [3.63, 3.8) is 0 Å². The van der Waals surface area contributed by atoms with Crippen molar-refractivity contribution in [3.8, 4) is 0 Å². The third kappa shape index (κ3) is 2.20. The average Bonchev–Trinajstić information content (AvgIpc) is 2.18. The van der Waals surface area contributed by atoms with Crippen molar-refractivity contribution in [3.05, 3.63) is 34.9 Å². The van der Waals surface area contributed by atoms with E-state index < -0.39 is 5.97 Å². The fourth-order valence-electron chi connectivity index (χ4n) is 1.95. The molecule has 2 rings (SSSR count). The highest BCUT2D eigenvalue weighted by Gasteiger charge is 2.40. The fourth-order valence-corrected chi connectivity index (χ4v) is 2.08. The van der Waals surface area contributed by atoms with Crippen LogP contribution < -0.4 is 0 Å². The van der Waals surface area contributed by atoms with Crippen LogP contribution in [-0.2, 0) is 14.9 Å². The molecule has 1 fully saturated rings. The summed E-state index contributed by atoms with van der Waals surface area (Å²) in [4.78, 5) is 10.6. The highest BCUT2D eigenvalue weighted by Crippen LogP contribution is 2.37. The Morgan fingerprint density at radius 2 is 2.00 bits per heavy atom. The molecule has 1 aromatic rings. The van der Waals surface area contributed by atoms with Gasteiger partial charge in [0, 0.05) is 16.9 Å². The number of ether oxygens (including phenoxy) is 1. The summed E-state index contributed by atoms with van der Waals surface area (Å²) < 4.78 is 5.23. The van der Waals surface area contributed by atoms with Crippen LogP contribution in [-0.4, -0.2) is 24.3 Å². The molecule has 1 N–H and O–H groups in total. The minimum Gasteiger partial charge on any atom is -0.481 e. The molecule has 86 valence electrons. The predicted molar refractivity (Wildman–Crippen MR) is 60.8 cm³/mol. The molecule has 0 atom stereocenters. The largest absolute Gasteiger partial charge is 0.481 e. The number of halogens is 1. The molecule has 0 spiro atoms. The third-order valence-corrected chi connectivity index (χ3v) is 3.28. The van der Waals surface area contributed by atoms with E-state index in [0.29, 0.717) is 24.7 Å². The Bertz CT molecular complexity index is 382. The summed E-state index contributed by atoms with van der Waals surface area (Å²) in [5.41, 5.74) is 0.993. The SMILES string of the molecule is O=C(O)CCC1(c2ccc(Cl)cc2)COC1. The van der Waals surface area contributed by atoms with E-state index in [1.165, 1.54) is 0 Å². The minimum absolute atomic E-state index is 0.122. The maximum Gasteiger partial charge on any atom is 0.303 e. The Labute approximate surface area is 99.0 Å². The quantitative estimate of drug-likeness (QED) is 0.880. The lowest BCUT2D eigenvalue weighted by atomic mass is 9.75. The van der Waals surface area contributed by atoms with Crippen molar-refractivity contribution in [2.75, 3.05) is 13.2 Å². The van der Waals surface area contributed by atoms with E-state index in [0.717, 1.165) is 5.56 Å². The number of carboxylic acids is 1. The van der Waals surface area contributed by atoms with Crippen LogP contribution in [0.3, 0.4) is 0 Å². The molecule has 0 unspecified atom stereocenters. The van der Waals surface area contributed by atoms with Gasteiger partial charge in [0.15, 0.2) is 0 Å². The molecule has 0 radical (unpaired) electrons. The van der Waals surface area contributed by atoms with Crippen molar-refractivity contribution in [1.82, 2.24) is 0 Å². The summed E-state index contributed by atoms with van der Waals surface area (Å²) >= 11 is 5.83. The maximum absolute atomic E-state index is 10.6. The molecule has 16 heavy (non-hydrogen) atoms. The fraction of sp³-hybridized carbons (Fsp3) is 0.417. The minimum atomic E-state index is -0.764. The number of hydrogen-bond donors (Lipinski definition) is 1. The average molecular weight is 241 g/mol. The van der Waals surface area contributed by atoms with Crippen molar-refractivity contribution < 1.29 is 14.6 Å². The van der Waals surface area contributed by atoms with E-state index >= 15 is 0 Å². The number of rotatable bonds is 4. The number of carboxylic acid groups (broad SMARTS) is 1. The number of hydrogen-bond acceptors (Lipinski definition) is 2. The summed E-state index contributed by atoms with van der Waals surface area (Å²) in [6, 6.07) is 7.56. The van der Waals surface area contributed by atoms with Crippen LogP contribution in [0.25, 0.3) is 0 Å². The maximum atomic E-state index is 10.6. The van der Waals surface area contributed by atoms with Crippen LogP contribution in [0.1, 0.15) is 18.4 Å². The van der Waals surface area contributed by atoms with Gasteiger partial charge in [-0.2, -0.15) is 0 Å². The second-order valence-corrected chi connectivity index (χ2v) is 4.61. The van der Waals surface area contributed by atoms with Crippen LogP contribution in [0.15, 0.2) is 24.3 Å². The highest BCUT2D eigenvalue weighted by molar-refractivity contribution is 6.30. The van der Waals surface area contributed by atoms with Crippen LogP contribution in [0, 0.1) is 0 Å². The van der Waals surface area contributed by atoms with Gasteiger partial charge in [-0.3, -0.25) is 4.79 Å². The zero-order valence-electron chi connectivity index (χ0n) is 8.78. The zero-order chi connectivity index (χ0) is 11.6. The molecule has 1 aliphatic rings. The van der Waals surface area contributed by atoms with Gasteiger partial charge in [-0.05, 0) is 24.1 Å². The summed E-state index contributed by atoms with van der Waals surface area (Å²) in [5, 5.41) is 9.42.